The second-order valence-electron chi connectivity index (χ2n) is 4.96. The molecule has 7 nitrogen and oxygen atoms in total. The maximum absolute atomic E-state index is 12.2. The molecule has 0 bridgehead atoms. The summed E-state index contributed by atoms with van der Waals surface area (Å²) < 4.78 is 18.8. The zero-order chi connectivity index (χ0) is 14.9. The Kier molecular flexibility index (Phi) is 4.42. The third kappa shape index (κ3) is 2.56. The fourth-order valence-electron chi connectivity index (χ4n) is 2.48. The van der Waals surface area contributed by atoms with E-state index in [2.05, 4.69) is 0 Å². The number of ether oxygens (including phenoxy) is 3. The Morgan fingerprint density at radius 2 is 2.10 bits per heavy atom. The number of hydrogen-bond donors (Lipinski definition) is 0. The van der Waals surface area contributed by atoms with Crippen LogP contribution in [0.1, 0.15) is 18.2 Å². The fraction of sp³-hybridized carbons (Fsp3) is 0.692. The quantitative estimate of drug-likeness (QED) is 0.766. The van der Waals surface area contributed by atoms with E-state index in [0.717, 1.165) is 4.57 Å². The van der Waals surface area contributed by atoms with Crippen LogP contribution >= 0.6 is 0 Å². The number of aromatic nitrogens is 2. The molecule has 3 atom stereocenters. The maximum atomic E-state index is 12.2. The largest absolute Gasteiger partial charge is 0.382 e. The molecule has 20 heavy (non-hydrogen) atoms. The Labute approximate surface area is 116 Å². The van der Waals surface area contributed by atoms with Crippen LogP contribution in [0, 0.1) is 6.92 Å². The van der Waals surface area contributed by atoms with Crippen LogP contribution in [0.5, 0.6) is 0 Å². The molecule has 1 aliphatic rings. The lowest BCUT2D eigenvalue weighted by atomic mass is 10.2. The maximum Gasteiger partial charge on any atom is 0.332 e. The van der Waals surface area contributed by atoms with Crippen LogP contribution in [-0.4, -0.2) is 42.2 Å². The summed E-state index contributed by atoms with van der Waals surface area (Å²) in [6, 6.07) is 0. The molecule has 2 heterocycles. The number of aryl methyl sites for hydroxylation is 1. The summed E-state index contributed by atoms with van der Waals surface area (Å²) in [4.78, 5) is 23.9. The number of nitrogens with zero attached hydrogens (tertiary/aromatic N) is 2. The standard InChI is InChI=1S/C13H20N2O5/c1-8-6-15(13(17)14(2)12(8)16)11-5-9(19-4)10(20-11)7-18-3/h6,9-11H,5,7H2,1-4H3/t9-,10+,11-/m1/s1. The molecule has 0 N–H and O–H groups in total. The third-order valence-corrected chi connectivity index (χ3v) is 3.61. The van der Waals surface area contributed by atoms with Gasteiger partial charge in [-0.3, -0.25) is 13.9 Å². The van der Waals surface area contributed by atoms with Crippen molar-refractivity contribution in [1.82, 2.24) is 9.13 Å². The van der Waals surface area contributed by atoms with Gasteiger partial charge in [-0.05, 0) is 6.92 Å². The number of methoxy groups -OCH3 is 2. The SMILES string of the molecule is COC[C@@H]1O[C@@H](n2cc(C)c(=O)n(C)c2=O)C[C@H]1OC. The molecule has 7 heteroatoms. The molecule has 0 saturated carbocycles. The first-order valence-corrected chi connectivity index (χ1v) is 6.45. The Hall–Kier alpha value is -1.44. The van der Waals surface area contributed by atoms with Crippen LogP contribution in [0.4, 0.5) is 0 Å². The van der Waals surface area contributed by atoms with Crippen molar-refractivity contribution in [3.8, 4) is 0 Å². The summed E-state index contributed by atoms with van der Waals surface area (Å²) in [5.74, 6) is 0. The van der Waals surface area contributed by atoms with Crippen molar-refractivity contribution in [2.75, 3.05) is 20.8 Å². The minimum absolute atomic E-state index is 0.135. The number of hydrogen-bond acceptors (Lipinski definition) is 5. The second kappa shape index (κ2) is 5.90. The normalized spacial score (nSPS) is 26.1. The van der Waals surface area contributed by atoms with Crippen molar-refractivity contribution in [1.29, 1.82) is 0 Å². The first-order valence-electron chi connectivity index (χ1n) is 6.45. The highest BCUT2D eigenvalue weighted by atomic mass is 16.6. The lowest BCUT2D eigenvalue weighted by molar-refractivity contribution is -0.0621. The highest BCUT2D eigenvalue weighted by Crippen LogP contribution is 2.29. The zero-order valence-electron chi connectivity index (χ0n) is 12.2. The van der Waals surface area contributed by atoms with Crippen molar-refractivity contribution in [2.24, 2.45) is 7.05 Å². The van der Waals surface area contributed by atoms with Crippen LogP contribution in [0.25, 0.3) is 0 Å². The van der Waals surface area contributed by atoms with Crippen molar-refractivity contribution in [2.45, 2.75) is 31.8 Å². The summed E-state index contributed by atoms with van der Waals surface area (Å²) in [6.07, 6.45) is 1.28. The van der Waals surface area contributed by atoms with Gasteiger partial charge in [0.25, 0.3) is 5.56 Å². The van der Waals surface area contributed by atoms with Crippen molar-refractivity contribution >= 4 is 0 Å². The molecule has 2 rings (SSSR count). The lowest BCUT2D eigenvalue weighted by Gasteiger charge is -2.17. The lowest BCUT2D eigenvalue weighted by Crippen LogP contribution is -2.40. The van der Waals surface area contributed by atoms with Crippen LogP contribution < -0.4 is 11.2 Å². The van der Waals surface area contributed by atoms with E-state index in [1.54, 1.807) is 21.1 Å². The van der Waals surface area contributed by atoms with Gasteiger partial charge in [0, 0.05) is 39.4 Å². The molecule has 0 aliphatic carbocycles. The van der Waals surface area contributed by atoms with Gasteiger partial charge in [-0.15, -0.1) is 0 Å². The molecule has 1 aliphatic heterocycles. The molecule has 112 valence electrons. The summed E-state index contributed by atoms with van der Waals surface area (Å²) in [7, 11) is 4.66. The predicted octanol–water partition coefficient (Wildman–Crippen LogP) is -0.196. The van der Waals surface area contributed by atoms with E-state index in [1.807, 2.05) is 0 Å². The second-order valence-corrected chi connectivity index (χ2v) is 4.96. The Morgan fingerprint density at radius 3 is 2.70 bits per heavy atom. The van der Waals surface area contributed by atoms with Gasteiger partial charge in [-0.25, -0.2) is 4.79 Å². The third-order valence-electron chi connectivity index (χ3n) is 3.61. The monoisotopic (exact) mass is 284 g/mol. The Balaban J connectivity index is 2.34. The molecule has 1 saturated heterocycles. The summed E-state index contributed by atoms with van der Waals surface area (Å²) in [6.45, 7) is 2.07. The molecule has 0 radical (unpaired) electrons. The van der Waals surface area contributed by atoms with Gasteiger partial charge >= 0.3 is 5.69 Å². The Morgan fingerprint density at radius 1 is 1.40 bits per heavy atom. The van der Waals surface area contributed by atoms with Crippen LogP contribution in [0.15, 0.2) is 15.8 Å². The highest BCUT2D eigenvalue weighted by molar-refractivity contribution is 5.03. The van der Waals surface area contributed by atoms with Crippen molar-refractivity contribution < 1.29 is 14.2 Å². The van der Waals surface area contributed by atoms with E-state index in [-0.39, 0.29) is 17.8 Å². The van der Waals surface area contributed by atoms with Crippen LogP contribution in [0.3, 0.4) is 0 Å². The van der Waals surface area contributed by atoms with Gasteiger partial charge < -0.3 is 14.2 Å². The van der Waals surface area contributed by atoms with Gasteiger partial charge in [0.2, 0.25) is 0 Å². The molecule has 0 unspecified atom stereocenters. The predicted molar refractivity (Wildman–Crippen MR) is 71.9 cm³/mol. The molecular weight excluding hydrogens is 264 g/mol. The average Bonchev–Trinajstić information content (AvgIpc) is 2.84. The molecule has 1 aromatic heterocycles. The summed E-state index contributed by atoms with van der Waals surface area (Å²) in [5, 5.41) is 0. The van der Waals surface area contributed by atoms with Crippen molar-refractivity contribution in [3.05, 3.63) is 32.6 Å². The van der Waals surface area contributed by atoms with E-state index in [1.165, 1.54) is 17.8 Å². The highest BCUT2D eigenvalue weighted by Gasteiger charge is 2.37. The summed E-state index contributed by atoms with van der Waals surface area (Å²) >= 11 is 0. The number of rotatable bonds is 4. The van der Waals surface area contributed by atoms with E-state index >= 15 is 0 Å². The fourth-order valence-corrected chi connectivity index (χ4v) is 2.48. The molecule has 1 aromatic rings. The van der Waals surface area contributed by atoms with Gasteiger partial charge in [0.15, 0.2) is 0 Å². The molecule has 1 fully saturated rings. The smallest absolute Gasteiger partial charge is 0.332 e. The first kappa shape index (κ1) is 15.0. The minimum Gasteiger partial charge on any atom is -0.382 e. The minimum atomic E-state index is -0.446. The van der Waals surface area contributed by atoms with Crippen molar-refractivity contribution in [3.63, 3.8) is 0 Å². The zero-order valence-corrected chi connectivity index (χ0v) is 12.2. The molecule has 0 aromatic carbocycles. The molecule has 0 amide bonds. The Bertz CT molecular complexity index is 591. The topological polar surface area (TPSA) is 71.7 Å². The molecular formula is C13H20N2O5. The summed E-state index contributed by atoms with van der Waals surface area (Å²) in [5.41, 5.74) is -0.181. The van der Waals surface area contributed by atoms with E-state index in [0.29, 0.717) is 18.6 Å². The van der Waals surface area contributed by atoms with Gasteiger partial charge in [0.1, 0.15) is 12.3 Å². The van der Waals surface area contributed by atoms with Gasteiger partial charge in [-0.1, -0.05) is 0 Å². The first-order chi connectivity index (χ1) is 9.49. The molecule has 0 spiro atoms. The average molecular weight is 284 g/mol. The van der Waals surface area contributed by atoms with Crippen LogP contribution in [0.2, 0.25) is 0 Å². The van der Waals surface area contributed by atoms with E-state index in [4.69, 9.17) is 14.2 Å². The van der Waals surface area contributed by atoms with E-state index < -0.39 is 11.9 Å². The van der Waals surface area contributed by atoms with Gasteiger partial charge in [-0.2, -0.15) is 0 Å². The van der Waals surface area contributed by atoms with E-state index in [9.17, 15) is 9.59 Å². The van der Waals surface area contributed by atoms with Gasteiger partial charge in [0.05, 0.1) is 12.7 Å². The van der Waals surface area contributed by atoms with Crippen LogP contribution in [-0.2, 0) is 21.3 Å².